The highest BCUT2D eigenvalue weighted by Gasteiger charge is 2.27. The van der Waals surface area contributed by atoms with E-state index in [2.05, 4.69) is 48.5 Å². The third-order valence-corrected chi connectivity index (χ3v) is 4.22. The van der Waals surface area contributed by atoms with Crippen LogP contribution >= 0.6 is 0 Å². The smallest absolute Gasteiger partial charge is 0.0612 e. The lowest BCUT2D eigenvalue weighted by Crippen LogP contribution is -2.17. The number of aliphatic hydroxyl groups is 1. The molecule has 1 aliphatic rings. The molecule has 2 aromatic rings. The van der Waals surface area contributed by atoms with Crippen molar-refractivity contribution >= 4 is 0 Å². The van der Waals surface area contributed by atoms with Gasteiger partial charge in [0.2, 0.25) is 0 Å². The topological polar surface area (TPSA) is 20.2 Å². The average Bonchev–Trinajstić information content (AvgIpc) is 2.90. The van der Waals surface area contributed by atoms with Gasteiger partial charge in [0.1, 0.15) is 0 Å². The third-order valence-electron chi connectivity index (χ3n) is 4.22. The fraction of sp³-hybridized carbons (Fsp3) is 0.333. The van der Waals surface area contributed by atoms with Gasteiger partial charge in [-0.25, -0.2) is 0 Å². The van der Waals surface area contributed by atoms with Crippen LogP contribution in [0.25, 0.3) is 0 Å². The number of hydrogen-bond donors (Lipinski definition) is 1. The van der Waals surface area contributed by atoms with Gasteiger partial charge in [-0.1, -0.05) is 54.6 Å². The SMILES string of the molecule is OC(CCc1ccccc1)C1CCc2ccccc21. The molecule has 0 bridgehead atoms. The molecule has 0 saturated heterocycles. The maximum atomic E-state index is 10.5. The number of hydrogen-bond acceptors (Lipinski definition) is 1. The highest BCUT2D eigenvalue weighted by Crippen LogP contribution is 2.36. The van der Waals surface area contributed by atoms with Gasteiger partial charge in [-0.05, 0) is 42.4 Å². The minimum atomic E-state index is -0.219. The van der Waals surface area contributed by atoms with Crippen molar-refractivity contribution in [3.63, 3.8) is 0 Å². The second-order valence-corrected chi connectivity index (χ2v) is 5.44. The summed E-state index contributed by atoms with van der Waals surface area (Å²) < 4.78 is 0. The Balaban J connectivity index is 1.64. The van der Waals surface area contributed by atoms with Crippen molar-refractivity contribution < 1.29 is 5.11 Å². The predicted molar refractivity (Wildman–Crippen MR) is 78.3 cm³/mol. The molecule has 0 spiro atoms. The maximum Gasteiger partial charge on any atom is 0.0612 e. The number of benzene rings is 2. The molecule has 1 N–H and O–H groups in total. The zero-order chi connectivity index (χ0) is 13.1. The number of aliphatic hydroxyl groups excluding tert-OH is 1. The van der Waals surface area contributed by atoms with Gasteiger partial charge < -0.3 is 5.11 Å². The molecule has 0 saturated carbocycles. The molecule has 0 fully saturated rings. The summed E-state index contributed by atoms with van der Waals surface area (Å²) in [6.45, 7) is 0. The van der Waals surface area contributed by atoms with E-state index < -0.39 is 0 Å². The first-order valence-corrected chi connectivity index (χ1v) is 7.14. The summed E-state index contributed by atoms with van der Waals surface area (Å²) in [4.78, 5) is 0. The van der Waals surface area contributed by atoms with E-state index in [0.717, 1.165) is 25.7 Å². The molecule has 1 heteroatoms. The van der Waals surface area contributed by atoms with Crippen LogP contribution in [0.1, 0.15) is 35.4 Å². The summed E-state index contributed by atoms with van der Waals surface area (Å²) in [6.07, 6.45) is 3.80. The first kappa shape index (κ1) is 12.4. The van der Waals surface area contributed by atoms with Crippen LogP contribution in [0.5, 0.6) is 0 Å². The van der Waals surface area contributed by atoms with Crippen LogP contribution < -0.4 is 0 Å². The minimum absolute atomic E-state index is 0.219. The van der Waals surface area contributed by atoms with Crippen molar-refractivity contribution in [2.24, 2.45) is 0 Å². The molecule has 2 aromatic carbocycles. The molecular formula is C18H20O. The summed E-state index contributed by atoms with van der Waals surface area (Å²) in [7, 11) is 0. The van der Waals surface area contributed by atoms with E-state index in [1.807, 2.05) is 6.07 Å². The van der Waals surface area contributed by atoms with E-state index in [0.29, 0.717) is 5.92 Å². The Morgan fingerprint density at radius 3 is 2.58 bits per heavy atom. The lowest BCUT2D eigenvalue weighted by Gasteiger charge is -2.19. The molecule has 19 heavy (non-hydrogen) atoms. The second-order valence-electron chi connectivity index (χ2n) is 5.44. The molecule has 1 nitrogen and oxygen atoms in total. The maximum absolute atomic E-state index is 10.5. The van der Waals surface area contributed by atoms with Gasteiger partial charge in [0.15, 0.2) is 0 Å². The molecule has 0 amide bonds. The van der Waals surface area contributed by atoms with Gasteiger partial charge in [0.25, 0.3) is 0 Å². The Hall–Kier alpha value is -1.60. The van der Waals surface area contributed by atoms with Crippen molar-refractivity contribution in [1.29, 1.82) is 0 Å². The Morgan fingerprint density at radius 1 is 1.00 bits per heavy atom. The third kappa shape index (κ3) is 2.71. The van der Waals surface area contributed by atoms with Gasteiger partial charge in [-0.15, -0.1) is 0 Å². The first-order valence-electron chi connectivity index (χ1n) is 7.14. The van der Waals surface area contributed by atoms with Gasteiger partial charge >= 0.3 is 0 Å². The van der Waals surface area contributed by atoms with Crippen molar-refractivity contribution in [1.82, 2.24) is 0 Å². The molecule has 1 aliphatic carbocycles. The van der Waals surface area contributed by atoms with E-state index in [4.69, 9.17) is 0 Å². The van der Waals surface area contributed by atoms with Gasteiger partial charge in [0.05, 0.1) is 6.10 Å². The molecule has 2 unspecified atom stereocenters. The molecule has 98 valence electrons. The van der Waals surface area contributed by atoms with E-state index in [1.54, 1.807) is 0 Å². The Bertz CT molecular complexity index is 532. The second kappa shape index (κ2) is 5.58. The summed E-state index contributed by atoms with van der Waals surface area (Å²) >= 11 is 0. The van der Waals surface area contributed by atoms with Crippen molar-refractivity contribution in [3.05, 3.63) is 71.3 Å². The lowest BCUT2D eigenvalue weighted by molar-refractivity contribution is 0.133. The minimum Gasteiger partial charge on any atom is -0.392 e. The van der Waals surface area contributed by atoms with E-state index in [1.165, 1.54) is 16.7 Å². The molecule has 0 aromatic heterocycles. The number of aryl methyl sites for hydroxylation is 2. The van der Waals surface area contributed by atoms with Crippen molar-refractivity contribution in [2.45, 2.75) is 37.7 Å². The van der Waals surface area contributed by atoms with Gasteiger partial charge in [-0.2, -0.15) is 0 Å². The molecule has 3 rings (SSSR count). The normalized spacial score (nSPS) is 19.1. The zero-order valence-electron chi connectivity index (χ0n) is 11.1. The van der Waals surface area contributed by atoms with Crippen LogP contribution in [0.4, 0.5) is 0 Å². The Labute approximate surface area is 114 Å². The van der Waals surface area contributed by atoms with Crippen LogP contribution in [-0.4, -0.2) is 11.2 Å². The quantitative estimate of drug-likeness (QED) is 0.879. The fourth-order valence-corrected chi connectivity index (χ4v) is 3.15. The summed E-state index contributed by atoms with van der Waals surface area (Å²) in [6, 6.07) is 19.0. The average molecular weight is 252 g/mol. The van der Waals surface area contributed by atoms with Crippen molar-refractivity contribution in [3.8, 4) is 0 Å². The molecule has 0 aliphatic heterocycles. The van der Waals surface area contributed by atoms with Crippen LogP contribution in [0.3, 0.4) is 0 Å². The van der Waals surface area contributed by atoms with E-state index >= 15 is 0 Å². The van der Waals surface area contributed by atoms with Crippen LogP contribution in [0.15, 0.2) is 54.6 Å². The van der Waals surface area contributed by atoms with E-state index in [9.17, 15) is 5.11 Å². The predicted octanol–water partition coefficient (Wildman–Crippen LogP) is 3.71. The zero-order valence-corrected chi connectivity index (χ0v) is 11.1. The lowest BCUT2D eigenvalue weighted by atomic mass is 9.91. The standard InChI is InChI=1S/C18H20O/c19-18(13-10-14-6-2-1-3-7-14)17-12-11-15-8-4-5-9-16(15)17/h1-9,17-19H,10-13H2. The molecule has 0 heterocycles. The molecule has 0 radical (unpaired) electrons. The Kier molecular flexibility index (Phi) is 3.65. The van der Waals surface area contributed by atoms with Crippen LogP contribution in [0, 0.1) is 0 Å². The van der Waals surface area contributed by atoms with E-state index in [-0.39, 0.29) is 6.10 Å². The van der Waals surface area contributed by atoms with Gasteiger partial charge in [0, 0.05) is 5.92 Å². The first-order chi connectivity index (χ1) is 9.34. The van der Waals surface area contributed by atoms with Crippen LogP contribution in [0.2, 0.25) is 0 Å². The Morgan fingerprint density at radius 2 is 1.74 bits per heavy atom. The molecule has 2 atom stereocenters. The van der Waals surface area contributed by atoms with Gasteiger partial charge in [-0.3, -0.25) is 0 Å². The highest BCUT2D eigenvalue weighted by molar-refractivity contribution is 5.35. The summed E-state index contributed by atoms with van der Waals surface area (Å²) in [5, 5.41) is 10.5. The summed E-state index contributed by atoms with van der Waals surface area (Å²) in [5.41, 5.74) is 4.10. The summed E-state index contributed by atoms with van der Waals surface area (Å²) in [5.74, 6) is 0.333. The monoisotopic (exact) mass is 252 g/mol. The molecular weight excluding hydrogens is 232 g/mol. The number of rotatable bonds is 4. The van der Waals surface area contributed by atoms with Crippen molar-refractivity contribution in [2.75, 3.05) is 0 Å². The number of fused-ring (bicyclic) bond motifs is 1. The largest absolute Gasteiger partial charge is 0.392 e. The fourth-order valence-electron chi connectivity index (χ4n) is 3.15. The highest BCUT2D eigenvalue weighted by atomic mass is 16.3. The van der Waals surface area contributed by atoms with Crippen LogP contribution in [-0.2, 0) is 12.8 Å².